The molecule has 4 rings (SSSR count). The van der Waals surface area contributed by atoms with E-state index < -0.39 is 23.0 Å². The van der Waals surface area contributed by atoms with Crippen LogP contribution in [0.3, 0.4) is 0 Å². The van der Waals surface area contributed by atoms with Gasteiger partial charge in [-0.3, -0.25) is 14.4 Å². The minimum Gasteiger partial charge on any atom is -0.493 e. The van der Waals surface area contributed by atoms with Crippen LogP contribution in [0.4, 0.5) is 11.4 Å². The average Bonchev–Trinajstić information content (AvgIpc) is 3.03. The van der Waals surface area contributed by atoms with E-state index in [1.807, 2.05) is 19.1 Å². The van der Waals surface area contributed by atoms with Crippen LogP contribution in [0.1, 0.15) is 40.1 Å². The zero-order valence-electron chi connectivity index (χ0n) is 24.4. The molecule has 45 heavy (non-hydrogen) atoms. The number of amides is 3. The predicted molar refractivity (Wildman–Crippen MR) is 177 cm³/mol. The maximum absolute atomic E-state index is 13.4. The molecule has 0 aliphatic heterocycles. The van der Waals surface area contributed by atoms with Gasteiger partial charge in [0.25, 0.3) is 11.8 Å². The molecule has 0 heterocycles. The van der Waals surface area contributed by atoms with Gasteiger partial charge in [-0.05, 0) is 80.6 Å². The van der Waals surface area contributed by atoms with E-state index >= 15 is 0 Å². The Morgan fingerprint density at radius 2 is 1.56 bits per heavy atom. The monoisotopic (exact) mass is 643 g/mol. The lowest BCUT2D eigenvalue weighted by Gasteiger charge is -2.14. The van der Waals surface area contributed by atoms with Gasteiger partial charge in [0.1, 0.15) is 11.4 Å². The van der Waals surface area contributed by atoms with Crippen molar-refractivity contribution in [1.82, 2.24) is 5.32 Å². The normalized spacial score (nSPS) is 11.7. The first-order chi connectivity index (χ1) is 21.6. The summed E-state index contributed by atoms with van der Waals surface area (Å²) in [6.07, 6.45) is 1.56. The second-order valence-electron chi connectivity index (χ2n) is 9.58. The summed E-state index contributed by atoms with van der Waals surface area (Å²) in [6.45, 7) is 4.01. The second kappa shape index (κ2) is 15.6. The average molecular weight is 644 g/mol. The number of carboxylic acid groups (broad SMARTS) is 1. The van der Waals surface area contributed by atoms with Crippen molar-refractivity contribution in [2.45, 2.75) is 24.0 Å². The number of para-hydroxylation sites is 1. The lowest BCUT2D eigenvalue weighted by Crippen LogP contribution is -2.30. The van der Waals surface area contributed by atoms with Gasteiger partial charge in [-0.2, -0.15) is 0 Å². The summed E-state index contributed by atoms with van der Waals surface area (Å²) < 4.78 is 5.69. The van der Waals surface area contributed by atoms with E-state index in [4.69, 9.17) is 16.3 Å². The number of thioether (sulfide) groups is 1. The molecule has 0 fully saturated rings. The van der Waals surface area contributed by atoms with E-state index in [1.54, 1.807) is 79.7 Å². The Morgan fingerprint density at radius 1 is 0.889 bits per heavy atom. The maximum Gasteiger partial charge on any atom is 0.337 e. The molecular formula is C34H30ClN3O6S. The molecule has 0 saturated carbocycles. The number of carbonyl (C=O) groups excluding carboxylic acids is 3. The van der Waals surface area contributed by atoms with Gasteiger partial charge in [-0.15, -0.1) is 11.8 Å². The van der Waals surface area contributed by atoms with Crippen LogP contribution < -0.4 is 20.7 Å². The Morgan fingerprint density at radius 3 is 2.24 bits per heavy atom. The molecule has 1 unspecified atom stereocenters. The van der Waals surface area contributed by atoms with Crippen molar-refractivity contribution in [1.29, 1.82) is 0 Å². The number of benzene rings is 4. The van der Waals surface area contributed by atoms with Crippen LogP contribution in [0.2, 0.25) is 5.02 Å². The first-order valence-corrected chi connectivity index (χ1v) is 15.1. The molecule has 4 aromatic rings. The molecule has 0 aliphatic carbocycles. The van der Waals surface area contributed by atoms with Gasteiger partial charge in [0.2, 0.25) is 5.91 Å². The third-order valence-corrected chi connectivity index (χ3v) is 7.75. The highest BCUT2D eigenvalue weighted by atomic mass is 35.5. The topological polar surface area (TPSA) is 134 Å². The van der Waals surface area contributed by atoms with Crippen molar-refractivity contribution in [2.24, 2.45) is 0 Å². The highest BCUT2D eigenvalue weighted by Crippen LogP contribution is 2.27. The lowest BCUT2D eigenvalue weighted by atomic mass is 10.1. The quantitative estimate of drug-likeness (QED) is 0.0968. The van der Waals surface area contributed by atoms with Crippen LogP contribution in [0, 0.1) is 0 Å². The molecule has 0 aromatic heterocycles. The van der Waals surface area contributed by atoms with Gasteiger partial charge < -0.3 is 25.8 Å². The minimum atomic E-state index is -1.19. The molecule has 4 N–H and O–H groups in total. The van der Waals surface area contributed by atoms with Crippen molar-refractivity contribution in [2.75, 3.05) is 17.2 Å². The van der Waals surface area contributed by atoms with E-state index in [2.05, 4.69) is 16.0 Å². The molecular weight excluding hydrogens is 614 g/mol. The van der Waals surface area contributed by atoms with Crippen LogP contribution in [-0.2, 0) is 9.59 Å². The van der Waals surface area contributed by atoms with E-state index in [0.717, 1.165) is 4.90 Å². The fourth-order valence-corrected chi connectivity index (χ4v) is 5.13. The Balaban J connectivity index is 1.45. The van der Waals surface area contributed by atoms with Gasteiger partial charge in [0.15, 0.2) is 0 Å². The minimum absolute atomic E-state index is 0.0213. The number of ether oxygens (including phenoxy) is 1. The highest BCUT2D eigenvalue weighted by molar-refractivity contribution is 8.00. The van der Waals surface area contributed by atoms with Crippen LogP contribution >= 0.6 is 23.4 Å². The Bertz CT molecular complexity index is 1730. The summed E-state index contributed by atoms with van der Waals surface area (Å²) in [7, 11) is 0. The van der Waals surface area contributed by atoms with Crippen molar-refractivity contribution < 1.29 is 29.0 Å². The summed E-state index contributed by atoms with van der Waals surface area (Å²) >= 11 is 7.19. The lowest BCUT2D eigenvalue weighted by molar-refractivity contribution is -0.115. The molecule has 0 radical (unpaired) electrons. The molecule has 11 heteroatoms. The maximum atomic E-state index is 13.4. The van der Waals surface area contributed by atoms with Gasteiger partial charge >= 0.3 is 5.97 Å². The Hall–Kier alpha value is -5.06. The number of carboxylic acids is 1. The fourth-order valence-electron chi connectivity index (χ4n) is 4.07. The summed E-state index contributed by atoms with van der Waals surface area (Å²) in [5.41, 5.74) is 1.72. The predicted octanol–water partition coefficient (Wildman–Crippen LogP) is 6.97. The zero-order chi connectivity index (χ0) is 32.3. The van der Waals surface area contributed by atoms with Crippen molar-refractivity contribution in [3.63, 3.8) is 0 Å². The van der Waals surface area contributed by atoms with Gasteiger partial charge in [-0.25, -0.2) is 4.79 Å². The first-order valence-electron chi connectivity index (χ1n) is 13.9. The molecule has 1 atom stereocenters. The van der Waals surface area contributed by atoms with Crippen molar-refractivity contribution in [3.8, 4) is 5.75 Å². The van der Waals surface area contributed by atoms with E-state index in [-0.39, 0.29) is 22.2 Å². The molecule has 0 aliphatic rings. The summed E-state index contributed by atoms with van der Waals surface area (Å²) in [5.74, 6) is -1.93. The molecule has 230 valence electrons. The molecule has 3 amide bonds. The number of anilines is 2. The van der Waals surface area contributed by atoms with Crippen molar-refractivity contribution in [3.05, 3.63) is 124 Å². The standard InChI is InChI=1S/C34H30ClN3O6S/c1-3-44-30-12-8-7-11-23(30)19-29(38-32(40)22-9-5-4-6-10-22)33(41)36-24-13-16-26(17-14-24)45-21(2)31(39)37-25-15-18-28(35)27(20-25)34(42)43/h4-21H,3H2,1-2H3,(H,36,41)(H,37,39)(H,38,40)(H,42,43)/b29-19-. The highest BCUT2D eigenvalue weighted by Gasteiger charge is 2.18. The number of hydrogen-bond acceptors (Lipinski definition) is 6. The molecule has 9 nitrogen and oxygen atoms in total. The smallest absolute Gasteiger partial charge is 0.337 e. The number of aromatic carboxylic acids is 1. The SMILES string of the molecule is CCOc1ccccc1/C=C(\NC(=O)c1ccccc1)C(=O)Nc1ccc(SC(C)C(=O)Nc2ccc(Cl)c(C(=O)O)c2)cc1. The largest absolute Gasteiger partial charge is 0.493 e. The van der Waals surface area contributed by atoms with Crippen LogP contribution in [0.25, 0.3) is 6.08 Å². The summed E-state index contributed by atoms with van der Waals surface area (Å²) in [4.78, 5) is 51.2. The van der Waals surface area contributed by atoms with Gasteiger partial charge in [-0.1, -0.05) is 48.0 Å². The van der Waals surface area contributed by atoms with Gasteiger partial charge in [0.05, 0.1) is 22.4 Å². The first kappa shape index (κ1) is 32.8. The fraction of sp³-hybridized carbons (Fsp3) is 0.118. The van der Waals surface area contributed by atoms with Crippen LogP contribution in [0.5, 0.6) is 5.75 Å². The Labute approximate surface area is 269 Å². The summed E-state index contributed by atoms with van der Waals surface area (Å²) in [6, 6.07) is 26.9. The molecule has 4 aromatic carbocycles. The number of rotatable bonds is 12. The number of hydrogen-bond donors (Lipinski definition) is 4. The summed E-state index contributed by atoms with van der Waals surface area (Å²) in [5, 5.41) is 17.1. The van der Waals surface area contributed by atoms with E-state index in [1.165, 1.54) is 30.0 Å². The van der Waals surface area contributed by atoms with Gasteiger partial charge in [0, 0.05) is 27.4 Å². The van der Waals surface area contributed by atoms with Crippen molar-refractivity contribution >= 4 is 64.5 Å². The zero-order valence-corrected chi connectivity index (χ0v) is 25.9. The van der Waals surface area contributed by atoms with E-state index in [0.29, 0.717) is 34.9 Å². The third-order valence-electron chi connectivity index (χ3n) is 6.31. The van der Waals surface area contributed by atoms with E-state index in [9.17, 15) is 24.3 Å². The molecule has 0 saturated heterocycles. The Kier molecular flexibility index (Phi) is 11.4. The molecule has 0 bridgehead atoms. The third kappa shape index (κ3) is 9.21. The number of carbonyl (C=O) groups is 4. The second-order valence-corrected chi connectivity index (χ2v) is 11.4. The number of nitrogens with one attached hydrogen (secondary N) is 3. The van der Waals surface area contributed by atoms with Crippen LogP contribution in [-0.4, -0.2) is 40.7 Å². The molecule has 0 spiro atoms. The number of halogens is 1. The van der Waals surface area contributed by atoms with Crippen LogP contribution in [0.15, 0.2) is 108 Å².